The molecule has 0 aliphatic carbocycles. The highest BCUT2D eigenvalue weighted by atomic mass is 16.5. The third kappa shape index (κ3) is 4.93. The second-order valence-corrected chi connectivity index (χ2v) is 8.32. The summed E-state index contributed by atoms with van der Waals surface area (Å²) in [6, 6.07) is 16.6. The molecule has 1 fully saturated rings. The second kappa shape index (κ2) is 10.0. The lowest BCUT2D eigenvalue weighted by atomic mass is 9.88. The Bertz CT molecular complexity index is 1020. The number of amides is 1. The van der Waals surface area contributed by atoms with Gasteiger partial charge in [-0.25, -0.2) is 0 Å². The number of carbonyl (C=O) groups is 1. The van der Waals surface area contributed by atoms with Crippen LogP contribution >= 0.6 is 0 Å². The molecule has 0 spiro atoms. The Kier molecular flexibility index (Phi) is 6.92. The number of benzene rings is 2. The van der Waals surface area contributed by atoms with E-state index >= 15 is 0 Å². The second-order valence-electron chi connectivity index (χ2n) is 8.32. The first-order chi connectivity index (χ1) is 15.2. The molecule has 2 heterocycles. The number of carbonyl (C=O) groups excluding carboxylic acids is 1. The molecule has 1 aliphatic heterocycles. The number of methoxy groups -OCH3 is 1. The average molecular weight is 420 g/mol. The van der Waals surface area contributed by atoms with Crippen molar-refractivity contribution in [1.82, 2.24) is 14.8 Å². The van der Waals surface area contributed by atoms with Crippen molar-refractivity contribution in [3.05, 3.63) is 65.9 Å². The minimum absolute atomic E-state index is 0.0282. The zero-order valence-electron chi connectivity index (χ0n) is 18.6. The summed E-state index contributed by atoms with van der Waals surface area (Å²) in [5.41, 5.74) is 3.51. The van der Waals surface area contributed by atoms with E-state index in [-0.39, 0.29) is 11.8 Å². The number of aryl methyl sites for hydroxylation is 1. The molecule has 1 atom stereocenters. The van der Waals surface area contributed by atoms with E-state index in [4.69, 9.17) is 4.74 Å². The number of hydrogen-bond acceptors (Lipinski definition) is 3. The lowest BCUT2D eigenvalue weighted by molar-refractivity contribution is -0.121. The predicted molar refractivity (Wildman–Crippen MR) is 126 cm³/mol. The van der Waals surface area contributed by atoms with Crippen LogP contribution in [0.15, 0.2) is 54.7 Å². The molecular weight excluding hydrogens is 386 g/mol. The van der Waals surface area contributed by atoms with Crippen molar-refractivity contribution in [2.45, 2.75) is 38.6 Å². The van der Waals surface area contributed by atoms with Gasteiger partial charge in [0.2, 0.25) is 5.91 Å². The fraction of sp³-hybridized carbons (Fsp3) is 0.423. The zero-order valence-corrected chi connectivity index (χ0v) is 18.6. The van der Waals surface area contributed by atoms with Crippen molar-refractivity contribution in [3.8, 4) is 5.75 Å². The van der Waals surface area contributed by atoms with Crippen molar-refractivity contribution in [2.24, 2.45) is 0 Å². The summed E-state index contributed by atoms with van der Waals surface area (Å²) < 4.78 is 7.74. The number of rotatable bonds is 9. The van der Waals surface area contributed by atoms with Crippen molar-refractivity contribution in [2.75, 3.05) is 33.3 Å². The molecule has 0 radical (unpaired) electrons. The summed E-state index contributed by atoms with van der Waals surface area (Å²) >= 11 is 0. The third-order valence-electron chi connectivity index (χ3n) is 6.37. The molecule has 31 heavy (non-hydrogen) atoms. The summed E-state index contributed by atoms with van der Waals surface area (Å²) in [5, 5.41) is 4.37. The van der Waals surface area contributed by atoms with E-state index in [0.29, 0.717) is 13.0 Å². The Morgan fingerprint density at radius 1 is 1.13 bits per heavy atom. The van der Waals surface area contributed by atoms with E-state index in [1.54, 1.807) is 7.11 Å². The SMILES string of the molecule is CCn1cc(C(CC(=O)NCCN2CCCC2)c2cccc(OC)c2)c2ccccc21. The molecule has 1 amide bonds. The Morgan fingerprint density at radius 3 is 2.71 bits per heavy atom. The summed E-state index contributed by atoms with van der Waals surface area (Å²) in [4.78, 5) is 15.4. The Balaban J connectivity index is 1.60. The highest BCUT2D eigenvalue weighted by Crippen LogP contribution is 2.36. The van der Waals surface area contributed by atoms with Crippen LogP contribution in [0.4, 0.5) is 0 Å². The van der Waals surface area contributed by atoms with E-state index in [1.807, 2.05) is 12.1 Å². The molecular formula is C26H33N3O2. The van der Waals surface area contributed by atoms with Crippen molar-refractivity contribution >= 4 is 16.8 Å². The molecule has 2 aromatic carbocycles. The number of nitrogens with zero attached hydrogens (tertiary/aromatic N) is 2. The van der Waals surface area contributed by atoms with Crippen LogP contribution in [-0.4, -0.2) is 48.7 Å². The van der Waals surface area contributed by atoms with Crippen LogP contribution in [0.5, 0.6) is 5.75 Å². The molecule has 5 nitrogen and oxygen atoms in total. The maximum absolute atomic E-state index is 13.0. The van der Waals surface area contributed by atoms with Crippen molar-refractivity contribution < 1.29 is 9.53 Å². The number of hydrogen-bond donors (Lipinski definition) is 1. The molecule has 1 unspecified atom stereocenters. The van der Waals surface area contributed by atoms with Gasteiger partial charge in [-0.1, -0.05) is 30.3 Å². The number of nitrogens with one attached hydrogen (secondary N) is 1. The summed E-state index contributed by atoms with van der Waals surface area (Å²) in [5.74, 6) is 0.885. The van der Waals surface area contributed by atoms with Gasteiger partial charge in [-0.05, 0) is 62.2 Å². The Morgan fingerprint density at radius 2 is 1.94 bits per heavy atom. The van der Waals surface area contributed by atoms with E-state index < -0.39 is 0 Å². The van der Waals surface area contributed by atoms with Gasteiger partial charge in [0, 0.05) is 49.1 Å². The molecule has 4 rings (SSSR count). The molecule has 5 heteroatoms. The minimum Gasteiger partial charge on any atom is -0.497 e. The van der Waals surface area contributed by atoms with Crippen LogP contribution < -0.4 is 10.1 Å². The van der Waals surface area contributed by atoms with E-state index in [1.165, 1.54) is 29.3 Å². The van der Waals surface area contributed by atoms with Gasteiger partial charge >= 0.3 is 0 Å². The fourth-order valence-electron chi connectivity index (χ4n) is 4.70. The Hall–Kier alpha value is -2.79. The maximum atomic E-state index is 13.0. The van der Waals surface area contributed by atoms with Gasteiger partial charge in [-0.2, -0.15) is 0 Å². The summed E-state index contributed by atoms with van der Waals surface area (Å²) in [7, 11) is 1.68. The van der Waals surface area contributed by atoms with Gasteiger partial charge in [0.15, 0.2) is 0 Å². The highest BCUT2D eigenvalue weighted by Gasteiger charge is 2.23. The Labute approximate surface area is 185 Å². The molecule has 1 saturated heterocycles. The molecule has 164 valence electrons. The molecule has 0 saturated carbocycles. The van der Waals surface area contributed by atoms with Crippen LogP contribution in [0.25, 0.3) is 10.9 Å². The third-order valence-corrected chi connectivity index (χ3v) is 6.37. The first-order valence-electron chi connectivity index (χ1n) is 11.4. The summed E-state index contributed by atoms with van der Waals surface area (Å²) in [6.45, 7) is 7.00. The predicted octanol–water partition coefficient (Wildman–Crippen LogP) is 4.40. The fourth-order valence-corrected chi connectivity index (χ4v) is 4.70. The zero-order chi connectivity index (χ0) is 21.6. The van der Waals surface area contributed by atoms with Gasteiger partial charge in [0.1, 0.15) is 5.75 Å². The van der Waals surface area contributed by atoms with Crippen molar-refractivity contribution in [3.63, 3.8) is 0 Å². The number of aromatic nitrogens is 1. The van der Waals surface area contributed by atoms with E-state index in [2.05, 4.69) is 64.3 Å². The topological polar surface area (TPSA) is 46.5 Å². The molecule has 3 aromatic rings. The smallest absolute Gasteiger partial charge is 0.220 e. The number of likely N-dealkylation sites (tertiary alicyclic amines) is 1. The monoisotopic (exact) mass is 419 g/mol. The lowest BCUT2D eigenvalue weighted by Gasteiger charge is -2.19. The molecule has 0 bridgehead atoms. The molecule has 1 aliphatic rings. The standard InChI is InChI=1S/C26H33N3O2/c1-3-29-19-24(22-11-4-5-12-25(22)29)23(20-9-8-10-21(17-20)31-2)18-26(30)27-13-16-28-14-6-7-15-28/h4-5,8-12,17,19,23H,3,6-7,13-16,18H2,1-2H3,(H,27,30). The largest absolute Gasteiger partial charge is 0.497 e. The van der Waals surface area contributed by atoms with E-state index in [0.717, 1.165) is 37.5 Å². The highest BCUT2D eigenvalue weighted by molar-refractivity contribution is 5.86. The normalized spacial score (nSPS) is 15.3. The average Bonchev–Trinajstić information content (AvgIpc) is 3.45. The number of fused-ring (bicyclic) bond motifs is 1. The van der Waals surface area contributed by atoms with Crippen LogP contribution in [0.1, 0.15) is 43.2 Å². The number of para-hydroxylation sites is 1. The van der Waals surface area contributed by atoms with Gasteiger partial charge < -0.3 is 19.5 Å². The minimum atomic E-state index is -0.0282. The molecule has 1 N–H and O–H groups in total. The van der Waals surface area contributed by atoms with Crippen LogP contribution in [-0.2, 0) is 11.3 Å². The van der Waals surface area contributed by atoms with Gasteiger partial charge in [-0.15, -0.1) is 0 Å². The quantitative estimate of drug-likeness (QED) is 0.559. The van der Waals surface area contributed by atoms with Crippen molar-refractivity contribution in [1.29, 1.82) is 0 Å². The summed E-state index contributed by atoms with van der Waals surface area (Å²) in [6.07, 6.45) is 5.18. The van der Waals surface area contributed by atoms with Gasteiger partial charge in [0.25, 0.3) is 0 Å². The first kappa shape index (κ1) is 21.4. The van der Waals surface area contributed by atoms with Crippen LogP contribution in [0.3, 0.4) is 0 Å². The maximum Gasteiger partial charge on any atom is 0.220 e. The molecule has 1 aromatic heterocycles. The van der Waals surface area contributed by atoms with Gasteiger partial charge in [-0.3, -0.25) is 4.79 Å². The number of ether oxygens (including phenoxy) is 1. The van der Waals surface area contributed by atoms with Gasteiger partial charge in [0.05, 0.1) is 7.11 Å². The van der Waals surface area contributed by atoms with E-state index in [9.17, 15) is 4.79 Å². The van der Waals surface area contributed by atoms with Crippen LogP contribution in [0.2, 0.25) is 0 Å². The first-order valence-corrected chi connectivity index (χ1v) is 11.4. The van der Waals surface area contributed by atoms with Crippen LogP contribution in [0, 0.1) is 0 Å². The lowest BCUT2D eigenvalue weighted by Crippen LogP contribution is -2.34.